The maximum atomic E-state index is 12.3. The molecule has 116 valence electrons. The Morgan fingerprint density at radius 1 is 1.33 bits per heavy atom. The van der Waals surface area contributed by atoms with Crippen LogP contribution in [0.4, 0.5) is 5.69 Å². The number of hydrogen-bond acceptors (Lipinski definition) is 5. The molecule has 0 aliphatic heterocycles. The van der Waals surface area contributed by atoms with Gasteiger partial charge in [0, 0.05) is 27.2 Å². The number of benzene rings is 1. The zero-order chi connectivity index (χ0) is 16.4. The van der Waals surface area contributed by atoms with E-state index in [1.165, 1.54) is 26.0 Å². The first kappa shape index (κ1) is 17.3. The van der Waals surface area contributed by atoms with Crippen LogP contribution in [0.1, 0.15) is 0 Å². The van der Waals surface area contributed by atoms with Gasteiger partial charge in [0.05, 0.1) is 16.4 Å². The fourth-order valence-corrected chi connectivity index (χ4v) is 2.72. The highest BCUT2D eigenvalue weighted by Gasteiger charge is 2.26. The third kappa shape index (κ3) is 3.90. The van der Waals surface area contributed by atoms with Crippen molar-refractivity contribution in [2.24, 2.45) is 0 Å². The number of carbonyl (C=O) groups excluding carboxylic acids is 1. The highest BCUT2D eigenvalue weighted by Crippen LogP contribution is 2.28. The summed E-state index contributed by atoms with van der Waals surface area (Å²) < 4.78 is 25.4. The van der Waals surface area contributed by atoms with Crippen molar-refractivity contribution in [2.45, 2.75) is 4.90 Å². The molecular formula is C11H14ClN3O5S. The lowest BCUT2D eigenvalue weighted by atomic mass is 10.3. The Morgan fingerprint density at radius 3 is 2.38 bits per heavy atom. The zero-order valence-corrected chi connectivity index (χ0v) is 13.2. The van der Waals surface area contributed by atoms with Gasteiger partial charge in [-0.15, -0.1) is 0 Å². The molecule has 0 radical (unpaired) electrons. The molecule has 1 amide bonds. The van der Waals surface area contributed by atoms with E-state index in [9.17, 15) is 23.3 Å². The summed E-state index contributed by atoms with van der Waals surface area (Å²) in [5.74, 6) is -0.412. The van der Waals surface area contributed by atoms with Crippen molar-refractivity contribution >= 4 is 33.2 Å². The van der Waals surface area contributed by atoms with Crippen LogP contribution in [0.15, 0.2) is 23.1 Å². The van der Waals surface area contributed by atoms with Gasteiger partial charge in [-0.3, -0.25) is 14.9 Å². The Balaban J connectivity index is 3.16. The SMILES string of the molecule is CN(C)C(=O)CN(C)S(=O)(=O)c1ccc(Cl)c([N+](=O)[O-])c1. The summed E-state index contributed by atoms with van der Waals surface area (Å²) in [6.45, 7) is -0.369. The molecule has 8 nitrogen and oxygen atoms in total. The van der Waals surface area contributed by atoms with Crippen molar-refractivity contribution in [2.75, 3.05) is 27.7 Å². The van der Waals surface area contributed by atoms with Crippen molar-refractivity contribution in [3.8, 4) is 0 Å². The molecular weight excluding hydrogens is 322 g/mol. The smallest absolute Gasteiger partial charge is 0.289 e. The normalized spacial score (nSPS) is 11.5. The van der Waals surface area contributed by atoms with Crippen molar-refractivity contribution in [1.29, 1.82) is 0 Å². The van der Waals surface area contributed by atoms with E-state index in [-0.39, 0.29) is 16.5 Å². The molecule has 1 aromatic rings. The van der Waals surface area contributed by atoms with Gasteiger partial charge in [0.1, 0.15) is 5.02 Å². The molecule has 0 heterocycles. The molecule has 21 heavy (non-hydrogen) atoms. The monoisotopic (exact) mass is 335 g/mol. The van der Waals surface area contributed by atoms with Crippen LogP contribution in [-0.4, -0.2) is 56.1 Å². The van der Waals surface area contributed by atoms with Gasteiger partial charge in [-0.2, -0.15) is 4.31 Å². The van der Waals surface area contributed by atoms with Crippen LogP contribution in [-0.2, 0) is 14.8 Å². The molecule has 0 bridgehead atoms. The van der Waals surface area contributed by atoms with Crippen molar-refractivity contribution < 1.29 is 18.1 Å². The first-order valence-corrected chi connectivity index (χ1v) is 7.49. The van der Waals surface area contributed by atoms with Crippen molar-refractivity contribution in [1.82, 2.24) is 9.21 Å². The van der Waals surface area contributed by atoms with E-state index < -0.39 is 26.5 Å². The van der Waals surface area contributed by atoms with Crippen molar-refractivity contribution in [3.05, 3.63) is 33.3 Å². The van der Waals surface area contributed by atoms with Gasteiger partial charge in [-0.1, -0.05) is 11.6 Å². The number of nitro benzene ring substituents is 1. The summed E-state index contributed by atoms with van der Waals surface area (Å²) >= 11 is 5.64. The lowest BCUT2D eigenvalue weighted by Gasteiger charge is -2.19. The molecule has 0 atom stereocenters. The Kier molecular flexibility index (Phi) is 5.26. The zero-order valence-electron chi connectivity index (χ0n) is 11.6. The third-order valence-electron chi connectivity index (χ3n) is 2.68. The van der Waals surface area contributed by atoms with Gasteiger partial charge in [0.15, 0.2) is 0 Å². The molecule has 0 aromatic heterocycles. The molecule has 0 fully saturated rings. The van der Waals surface area contributed by atoms with Crippen LogP contribution in [0.3, 0.4) is 0 Å². The lowest BCUT2D eigenvalue weighted by molar-refractivity contribution is -0.384. The van der Waals surface area contributed by atoms with Gasteiger partial charge in [0.2, 0.25) is 15.9 Å². The van der Waals surface area contributed by atoms with Crippen LogP contribution in [0, 0.1) is 10.1 Å². The summed E-state index contributed by atoms with van der Waals surface area (Å²) in [7, 11) is 0.194. The maximum Gasteiger partial charge on any atom is 0.289 e. The molecule has 10 heteroatoms. The second-order valence-electron chi connectivity index (χ2n) is 4.42. The maximum absolute atomic E-state index is 12.3. The van der Waals surface area contributed by atoms with E-state index in [2.05, 4.69) is 0 Å². The molecule has 0 saturated carbocycles. The molecule has 0 N–H and O–H groups in total. The number of amides is 1. The lowest BCUT2D eigenvalue weighted by Crippen LogP contribution is -2.37. The number of carbonyl (C=O) groups is 1. The molecule has 0 unspecified atom stereocenters. The first-order valence-electron chi connectivity index (χ1n) is 5.67. The van der Waals surface area contributed by atoms with Crippen LogP contribution in [0.25, 0.3) is 0 Å². The molecule has 1 aromatic carbocycles. The predicted molar refractivity (Wildman–Crippen MR) is 76.6 cm³/mol. The molecule has 0 spiro atoms. The summed E-state index contributed by atoms with van der Waals surface area (Å²) in [5.41, 5.74) is -0.509. The van der Waals surface area contributed by atoms with E-state index in [1.807, 2.05) is 0 Å². The number of hydrogen-bond donors (Lipinski definition) is 0. The van der Waals surface area contributed by atoms with E-state index in [4.69, 9.17) is 11.6 Å². The Hall–Kier alpha value is -1.71. The largest absolute Gasteiger partial charge is 0.348 e. The quantitative estimate of drug-likeness (QED) is 0.589. The van der Waals surface area contributed by atoms with Gasteiger partial charge >= 0.3 is 0 Å². The minimum Gasteiger partial charge on any atom is -0.348 e. The van der Waals surface area contributed by atoms with Crippen molar-refractivity contribution in [3.63, 3.8) is 0 Å². The van der Waals surface area contributed by atoms with Crippen LogP contribution in [0.5, 0.6) is 0 Å². The van der Waals surface area contributed by atoms with Gasteiger partial charge < -0.3 is 4.90 Å². The Morgan fingerprint density at radius 2 is 1.90 bits per heavy atom. The van der Waals surface area contributed by atoms with Gasteiger partial charge in [0.25, 0.3) is 5.69 Å². The number of nitro groups is 1. The molecule has 1 rings (SSSR count). The second kappa shape index (κ2) is 6.37. The number of rotatable bonds is 5. The average Bonchev–Trinajstić information content (AvgIpc) is 2.38. The highest BCUT2D eigenvalue weighted by molar-refractivity contribution is 7.89. The van der Waals surface area contributed by atoms with E-state index >= 15 is 0 Å². The topological polar surface area (TPSA) is 101 Å². The average molecular weight is 336 g/mol. The molecule has 0 aliphatic rings. The summed E-state index contributed by atoms with van der Waals surface area (Å²) in [5, 5.41) is 10.6. The minimum absolute atomic E-state index is 0.161. The summed E-state index contributed by atoms with van der Waals surface area (Å²) in [4.78, 5) is 22.5. The standard InChI is InChI=1S/C11H14ClN3O5S/c1-13(2)11(16)7-14(3)21(19,20)8-4-5-9(12)10(6-8)15(17)18/h4-6H,7H2,1-3H3. The number of likely N-dealkylation sites (N-methyl/N-ethyl adjacent to an activating group) is 2. The Labute approximate surface area is 127 Å². The van der Waals surface area contributed by atoms with E-state index in [0.717, 1.165) is 22.5 Å². The number of sulfonamides is 1. The minimum atomic E-state index is -4.02. The number of nitrogens with zero attached hydrogens (tertiary/aromatic N) is 3. The van der Waals surface area contributed by atoms with Crippen LogP contribution >= 0.6 is 11.6 Å². The predicted octanol–water partition coefficient (Wildman–Crippen LogP) is 0.957. The second-order valence-corrected chi connectivity index (χ2v) is 6.87. The highest BCUT2D eigenvalue weighted by atomic mass is 35.5. The molecule has 0 aliphatic carbocycles. The summed E-state index contributed by atoms with van der Waals surface area (Å²) in [6.07, 6.45) is 0. The van der Waals surface area contributed by atoms with E-state index in [1.54, 1.807) is 0 Å². The van der Waals surface area contributed by atoms with Gasteiger partial charge in [-0.05, 0) is 12.1 Å². The number of halogens is 1. The third-order valence-corrected chi connectivity index (χ3v) is 4.80. The fraction of sp³-hybridized carbons (Fsp3) is 0.364. The van der Waals surface area contributed by atoms with Crippen LogP contribution < -0.4 is 0 Å². The Bertz CT molecular complexity index is 674. The first-order chi connectivity index (χ1) is 9.57. The van der Waals surface area contributed by atoms with E-state index in [0.29, 0.717) is 0 Å². The molecule has 0 saturated heterocycles. The fourth-order valence-electron chi connectivity index (χ4n) is 1.39. The summed E-state index contributed by atoms with van der Waals surface area (Å²) in [6, 6.07) is 3.16. The van der Waals surface area contributed by atoms with Crippen LogP contribution in [0.2, 0.25) is 5.02 Å². The van der Waals surface area contributed by atoms with Gasteiger partial charge in [-0.25, -0.2) is 8.42 Å².